The number of para-hydroxylation sites is 1. The first-order valence-corrected chi connectivity index (χ1v) is 6.74. The minimum absolute atomic E-state index is 0.00561. The summed E-state index contributed by atoms with van der Waals surface area (Å²) in [5.74, 6) is -1.82. The van der Waals surface area contributed by atoms with E-state index in [1.807, 2.05) is 6.92 Å². The number of ether oxygens (including phenoxy) is 1. The standard InChI is InChI=1S/C16H16FNO4/c1-10(8-19)9-22-14-5-3-2-4-12(14)11-6-13(17)15(16(20)21)18-7-11/h2-7,10,19H,8-9H2,1H3,(H,20,21)/t10-/m1/s1. The molecule has 0 amide bonds. The maximum absolute atomic E-state index is 13.8. The van der Waals surface area contributed by atoms with E-state index in [1.165, 1.54) is 6.20 Å². The second kappa shape index (κ2) is 7.00. The van der Waals surface area contributed by atoms with Gasteiger partial charge < -0.3 is 14.9 Å². The second-order valence-corrected chi connectivity index (χ2v) is 4.95. The monoisotopic (exact) mass is 305 g/mol. The van der Waals surface area contributed by atoms with Crippen LogP contribution in [0, 0.1) is 11.7 Å². The van der Waals surface area contributed by atoms with Crippen LogP contribution in [0.25, 0.3) is 11.1 Å². The summed E-state index contributed by atoms with van der Waals surface area (Å²) in [5.41, 5.74) is 0.418. The molecule has 0 radical (unpaired) electrons. The minimum atomic E-state index is -1.41. The molecular formula is C16H16FNO4. The molecule has 116 valence electrons. The molecule has 0 aliphatic rings. The molecule has 0 aliphatic heterocycles. The van der Waals surface area contributed by atoms with Gasteiger partial charge in [-0.2, -0.15) is 0 Å². The molecule has 0 aliphatic carbocycles. The van der Waals surface area contributed by atoms with Crippen LogP contribution in [-0.2, 0) is 0 Å². The van der Waals surface area contributed by atoms with E-state index in [0.717, 1.165) is 6.07 Å². The van der Waals surface area contributed by atoms with Gasteiger partial charge in [0.2, 0.25) is 0 Å². The molecule has 0 saturated heterocycles. The summed E-state index contributed by atoms with van der Waals surface area (Å²) in [7, 11) is 0. The molecule has 0 bridgehead atoms. The van der Waals surface area contributed by atoms with Crippen LogP contribution in [0.5, 0.6) is 5.75 Å². The molecule has 0 saturated carbocycles. The molecule has 5 nitrogen and oxygen atoms in total. The van der Waals surface area contributed by atoms with Crippen molar-refractivity contribution in [2.45, 2.75) is 6.92 Å². The van der Waals surface area contributed by atoms with Gasteiger partial charge in [-0.05, 0) is 12.1 Å². The molecule has 0 unspecified atom stereocenters. The number of hydrogen-bond donors (Lipinski definition) is 2. The van der Waals surface area contributed by atoms with Crippen LogP contribution in [0.15, 0.2) is 36.5 Å². The lowest BCUT2D eigenvalue weighted by molar-refractivity contribution is 0.0685. The van der Waals surface area contributed by atoms with Crippen molar-refractivity contribution in [3.8, 4) is 16.9 Å². The number of aromatic nitrogens is 1. The summed E-state index contributed by atoms with van der Waals surface area (Å²) in [6, 6.07) is 8.12. The highest BCUT2D eigenvalue weighted by molar-refractivity contribution is 5.86. The lowest BCUT2D eigenvalue weighted by Gasteiger charge is -2.14. The van der Waals surface area contributed by atoms with Gasteiger partial charge in [0.15, 0.2) is 11.5 Å². The van der Waals surface area contributed by atoms with Gasteiger partial charge in [-0.1, -0.05) is 25.1 Å². The zero-order chi connectivity index (χ0) is 16.1. The van der Waals surface area contributed by atoms with E-state index in [-0.39, 0.29) is 12.5 Å². The quantitative estimate of drug-likeness (QED) is 0.857. The van der Waals surface area contributed by atoms with Crippen molar-refractivity contribution in [2.75, 3.05) is 13.2 Å². The average molecular weight is 305 g/mol. The number of carboxylic acid groups (broad SMARTS) is 1. The predicted octanol–water partition coefficient (Wildman–Crippen LogP) is 2.59. The van der Waals surface area contributed by atoms with Gasteiger partial charge in [0.05, 0.1) is 6.61 Å². The Labute approximate surface area is 127 Å². The van der Waals surface area contributed by atoms with Crippen LogP contribution in [0.3, 0.4) is 0 Å². The number of benzene rings is 1. The summed E-state index contributed by atoms with van der Waals surface area (Å²) < 4.78 is 19.4. The Hall–Kier alpha value is -2.47. The molecule has 1 aromatic carbocycles. The second-order valence-electron chi connectivity index (χ2n) is 4.95. The van der Waals surface area contributed by atoms with Gasteiger partial charge in [0.1, 0.15) is 5.75 Å². The topological polar surface area (TPSA) is 79.7 Å². The number of nitrogens with zero attached hydrogens (tertiary/aromatic N) is 1. The Kier molecular flexibility index (Phi) is 5.06. The molecule has 6 heteroatoms. The summed E-state index contributed by atoms with van der Waals surface area (Å²) in [4.78, 5) is 14.4. The molecule has 0 fully saturated rings. The summed E-state index contributed by atoms with van der Waals surface area (Å²) >= 11 is 0. The number of aromatic carboxylic acids is 1. The van der Waals surface area contributed by atoms with Gasteiger partial charge in [-0.15, -0.1) is 0 Å². The van der Waals surface area contributed by atoms with Crippen LogP contribution >= 0.6 is 0 Å². The fourth-order valence-corrected chi connectivity index (χ4v) is 1.86. The molecule has 2 N–H and O–H groups in total. The van der Waals surface area contributed by atoms with E-state index >= 15 is 0 Å². The van der Waals surface area contributed by atoms with Crippen molar-refractivity contribution in [1.29, 1.82) is 0 Å². The van der Waals surface area contributed by atoms with Crippen molar-refractivity contribution in [3.63, 3.8) is 0 Å². The van der Waals surface area contributed by atoms with Crippen LogP contribution in [0.4, 0.5) is 4.39 Å². The van der Waals surface area contributed by atoms with Gasteiger partial charge in [-0.25, -0.2) is 14.2 Å². The number of halogens is 1. The average Bonchev–Trinajstić information content (AvgIpc) is 2.52. The molecule has 1 atom stereocenters. The van der Waals surface area contributed by atoms with Gasteiger partial charge in [-0.3, -0.25) is 0 Å². The van der Waals surface area contributed by atoms with E-state index in [9.17, 15) is 9.18 Å². The van der Waals surface area contributed by atoms with Crippen molar-refractivity contribution >= 4 is 5.97 Å². The fraction of sp³-hybridized carbons (Fsp3) is 0.250. The number of rotatable bonds is 6. The van der Waals surface area contributed by atoms with E-state index in [1.54, 1.807) is 24.3 Å². The predicted molar refractivity (Wildman–Crippen MR) is 78.3 cm³/mol. The van der Waals surface area contributed by atoms with E-state index in [4.69, 9.17) is 14.9 Å². The summed E-state index contributed by atoms with van der Waals surface area (Å²) in [5, 5.41) is 17.8. The lowest BCUT2D eigenvalue weighted by atomic mass is 10.1. The Morgan fingerprint density at radius 2 is 2.14 bits per heavy atom. The Morgan fingerprint density at radius 1 is 1.41 bits per heavy atom. The number of carboxylic acids is 1. The van der Waals surface area contributed by atoms with E-state index in [2.05, 4.69) is 4.98 Å². The highest BCUT2D eigenvalue weighted by Crippen LogP contribution is 2.30. The molecule has 0 spiro atoms. The maximum Gasteiger partial charge on any atom is 0.357 e. The number of pyridine rings is 1. The Morgan fingerprint density at radius 3 is 2.77 bits per heavy atom. The third kappa shape index (κ3) is 3.59. The molecule has 22 heavy (non-hydrogen) atoms. The smallest absolute Gasteiger partial charge is 0.357 e. The first kappa shape index (κ1) is 15.9. The lowest BCUT2D eigenvalue weighted by Crippen LogP contribution is -2.12. The number of hydrogen-bond acceptors (Lipinski definition) is 4. The number of carbonyl (C=O) groups is 1. The van der Waals surface area contributed by atoms with Crippen LogP contribution in [0.1, 0.15) is 17.4 Å². The Bertz CT molecular complexity index is 675. The molecular weight excluding hydrogens is 289 g/mol. The van der Waals surface area contributed by atoms with E-state index < -0.39 is 17.5 Å². The highest BCUT2D eigenvalue weighted by atomic mass is 19.1. The highest BCUT2D eigenvalue weighted by Gasteiger charge is 2.15. The fourth-order valence-electron chi connectivity index (χ4n) is 1.86. The Balaban J connectivity index is 2.32. The van der Waals surface area contributed by atoms with Crippen molar-refractivity contribution < 1.29 is 24.1 Å². The molecule has 2 aromatic rings. The number of aliphatic hydroxyl groups is 1. The summed E-state index contributed by atoms with van der Waals surface area (Å²) in [6.45, 7) is 2.16. The largest absolute Gasteiger partial charge is 0.493 e. The number of aliphatic hydroxyl groups excluding tert-OH is 1. The maximum atomic E-state index is 13.8. The van der Waals surface area contributed by atoms with Crippen LogP contribution in [-0.4, -0.2) is 34.4 Å². The first-order valence-electron chi connectivity index (χ1n) is 6.74. The zero-order valence-corrected chi connectivity index (χ0v) is 12.0. The van der Waals surface area contributed by atoms with E-state index in [0.29, 0.717) is 23.5 Å². The summed E-state index contributed by atoms with van der Waals surface area (Å²) in [6.07, 6.45) is 1.30. The van der Waals surface area contributed by atoms with Crippen molar-refractivity contribution in [3.05, 3.63) is 48.0 Å². The molecule has 1 heterocycles. The first-order chi connectivity index (χ1) is 10.5. The van der Waals surface area contributed by atoms with Crippen LogP contribution in [0.2, 0.25) is 0 Å². The third-order valence-corrected chi connectivity index (χ3v) is 3.08. The third-order valence-electron chi connectivity index (χ3n) is 3.08. The van der Waals surface area contributed by atoms with Gasteiger partial charge in [0, 0.05) is 29.8 Å². The van der Waals surface area contributed by atoms with Crippen molar-refractivity contribution in [1.82, 2.24) is 4.98 Å². The minimum Gasteiger partial charge on any atom is -0.493 e. The zero-order valence-electron chi connectivity index (χ0n) is 12.0. The van der Waals surface area contributed by atoms with Gasteiger partial charge in [0.25, 0.3) is 0 Å². The normalized spacial score (nSPS) is 12.0. The van der Waals surface area contributed by atoms with Gasteiger partial charge >= 0.3 is 5.97 Å². The van der Waals surface area contributed by atoms with Crippen molar-refractivity contribution in [2.24, 2.45) is 5.92 Å². The SMILES string of the molecule is C[C@H](CO)COc1ccccc1-c1cnc(C(=O)O)c(F)c1. The molecule has 2 rings (SSSR count). The van der Waals surface area contributed by atoms with Crippen LogP contribution < -0.4 is 4.74 Å². The molecule has 1 aromatic heterocycles.